The number of benzene rings is 6. The van der Waals surface area contributed by atoms with Crippen molar-refractivity contribution in [2.24, 2.45) is 0 Å². The Morgan fingerprint density at radius 1 is 0.561 bits per heavy atom. The zero-order valence-electron chi connectivity index (χ0n) is 21.3. The minimum absolute atomic E-state index is 0.205. The molecule has 1 aliphatic rings. The van der Waals surface area contributed by atoms with Gasteiger partial charge in [-0.15, -0.1) is 13.2 Å². The lowest BCUT2D eigenvalue weighted by Gasteiger charge is -2.15. The normalized spacial score (nSPS) is 12.0. The van der Waals surface area contributed by atoms with E-state index in [4.69, 9.17) is 0 Å². The van der Waals surface area contributed by atoms with Crippen molar-refractivity contribution in [1.29, 1.82) is 0 Å². The van der Waals surface area contributed by atoms with Gasteiger partial charge in [-0.05, 0) is 74.2 Å². The molecule has 0 atom stereocenters. The molecule has 0 radical (unpaired) electrons. The summed E-state index contributed by atoms with van der Waals surface area (Å²) < 4.78 is 84.5. The topological polar surface area (TPSA) is 9.23 Å². The first-order chi connectivity index (χ1) is 19.7. The number of alkyl halides is 3. The third-order valence-corrected chi connectivity index (χ3v) is 7.04. The summed E-state index contributed by atoms with van der Waals surface area (Å²) in [6.07, 6.45) is -4.61. The van der Waals surface area contributed by atoms with Crippen LogP contribution < -0.4 is 4.74 Å². The average Bonchev–Trinajstić information content (AvgIpc) is 3.34. The maximum absolute atomic E-state index is 14.9. The average molecular weight is 559 g/mol. The van der Waals surface area contributed by atoms with Crippen molar-refractivity contribution in [3.8, 4) is 28.0 Å². The quantitative estimate of drug-likeness (QED) is 0.192. The summed E-state index contributed by atoms with van der Waals surface area (Å²) in [7, 11) is 0. The van der Waals surface area contributed by atoms with E-state index in [2.05, 4.69) is 53.3 Å². The van der Waals surface area contributed by atoms with Crippen molar-refractivity contribution >= 4 is 21.5 Å². The maximum atomic E-state index is 14.9. The molecule has 0 N–H and O–H groups in total. The minimum atomic E-state index is -5.32. The summed E-state index contributed by atoms with van der Waals surface area (Å²) in [5.74, 6) is -6.09. The first-order valence-corrected chi connectivity index (χ1v) is 12.7. The van der Waals surface area contributed by atoms with Crippen molar-refractivity contribution in [2.45, 2.75) is 12.8 Å². The lowest BCUT2D eigenvalue weighted by Crippen LogP contribution is -2.19. The third-order valence-electron chi connectivity index (χ3n) is 7.04. The van der Waals surface area contributed by atoms with Crippen LogP contribution in [0.5, 0.6) is 5.75 Å². The molecule has 0 fully saturated rings. The van der Waals surface area contributed by atoms with Crippen LogP contribution in [-0.4, -0.2) is 6.36 Å². The first-order valence-electron chi connectivity index (χ1n) is 12.7. The molecule has 0 saturated heterocycles. The Morgan fingerprint density at radius 3 is 1.80 bits per heavy atom. The van der Waals surface area contributed by atoms with E-state index < -0.39 is 34.9 Å². The molecule has 6 aromatic rings. The highest BCUT2D eigenvalue weighted by Gasteiger charge is 2.35. The molecule has 7 heteroatoms. The zero-order valence-corrected chi connectivity index (χ0v) is 21.3. The second-order valence-corrected chi connectivity index (χ2v) is 9.63. The van der Waals surface area contributed by atoms with Crippen LogP contribution in [0.1, 0.15) is 11.1 Å². The van der Waals surface area contributed by atoms with Crippen LogP contribution in [0.4, 0.5) is 26.3 Å². The molecule has 0 spiro atoms. The fourth-order valence-electron chi connectivity index (χ4n) is 5.32. The van der Waals surface area contributed by atoms with Gasteiger partial charge in [0.1, 0.15) is 5.82 Å². The Labute approximate surface area is 231 Å². The van der Waals surface area contributed by atoms with Crippen molar-refractivity contribution in [3.05, 3.63) is 138 Å². The Bertz CT molecular complexity index is 1860. The number of hydrogen-bond acceptors (Lipinski definition) is 1. The van der Waals surface area contributed by atoms with Gasteiger partial charge in [-0.25, -0.2) is 13.2 Å². The zero-order chi connectivity index (χ0) is 28.7. The fraction of sp³-hybridized carbons (Fsp3) is 0.0588. The van der Waals surface area contributed by atoms with Gasteiger partial charge in [-0.3, -0.25) is 0 Å². The number of fused-ring (bicyclic) bond motifs is 5. The molecule has 0 heterocycles. The van der Waals surface area contributed by atoms with Crippen LogP contribution in [0, 0.1) is 17.5 Å². The van der Waals surface area contributed by atoms with Crippen molar-refractivity contribution in [2.75, 3.05) is 0 Å². The van der Waals surface area contributed by atoms with Crippen molar-refractivity contribution in [3.63, 3.8) is 0 Å². The summed E-state index contributed by atoms with van der Waals surface area (Å²) >= 11 is 0. The van der Waals surface area contributed by atoms with Gasteiger partial charge in [-0.2, -0.15) is 0 Å². The smallest absolute Gasteiger partial charge is 0.399 e. The molecule has 0 amide bonds. The molecule has 1 aliphatic carbocycles. The van der Waals surface area contributed by atoms with Crippen LogP contribution in [0.3, 0.4) is 0 Å². The molecule has 0 aliphatic heterocycles. The molecule has 7 rings (SSSR count). The van der Waals surface area contributed by atoms with Gasteiger partial charge < -0.3 is 4.74 Å². The lowest BCUT2D eigenvalue weighted by molar-refractivity contribution is -0.276. The van der Waals surface area contributed by atoms with Gasteiger partial charge in [0.15, 0.2) is 11.6 Å². The number of rotatable bonds is 2. The molecule has 0 bridgehead atoms. The number of halogens is 6. The van der Waals surface area contributed by atoms with Gasteiger partial charge in [0.2, 0.25) is 5.75 Å². The van der Waals surface area contributed by atoms with E-state index in [-0.39, 0.29) is 5.39 Å². The molecule has 0 aromatic heterocycles. The Kier molecular flexibility index (Phi) is 6.66. The second kappa shape index (κ2) is 10.3. The Morgan fingerprint density at radius 2 is 1.15 bits per heavy atom. The van der Waals surface area contributed by atoms with E-state index >= 15 is 0 Å². The molecule has 204 valence electrons. The van der Waals surface area contributed by atoms with Crippen LogP contribution in [0.25, 0.3) is 43.8 Å². The Hall–Kier alpha value is -4.78. The van der Waals surface area contributed by atoms with Crippen LogP contribution >= 0.6 is 0 Å². The minimum Gasteiger partial charge on any atom is -0.399 e. The van der Waals surface area contributed by atoms with E-state index in [0.29, 0.717) is 23.6 Å². The largest absolute Gasteiger partial charge is 0.573 e. The third kappa shape index (κ3) is 5.11. The van der Waals surface area contributed by atoms with Crippen LogP contribution in [0.15, 0.2) is 109 Å². The predicted octanol–water partition coefficient (Wildman–Crippen LogP) is 10.2. The van der Waals surface area contributed by atoms with Gasteiger partial charge in [0, 0.05) is 0 Å². The highest BCUT2D eigenvalue weighted by molar-refractivity contribution is 5.95. The maximum Gasteiger partial charge on any atom is 0.573 e. The highest BCUT2D eigenvalue weighted by Crippen LogP contribution is 2.44. The van der Waals surface area contributed by atoms with E-state index in [0.717, 1.165) is 28.3 Å². The highest BCUT2D eigenvalue weighted by atomic mass is 19.4. The van der Waals surface area contributed by atoms with E-state index in [9.17, 15) is 26.3 Å². The van der Waals surface area contributed by atoms with Crippen LogP contribution in [-0.2, 0) is 6.42 Å². The fourth-order valence-corrected chi connectivity index (χ4v) is 5.32. The monoisotopic (exact) mass is 558 g/mol. The standard InChI is InChI=1S/C24H12F6O.C10H8/c25-18-10-14(9-15-11-19(26)23(22(27)21(15)18)31-24(28,29)30)17-7-3-5-13-8-12-4-1-2-6-16(12)20(13)17;1-2-6-10-8-4-3-7-9(10)5-1/h1-7,9-11H,8H2;1-8H. The van der Waals surface area contributed by atoms with Crippen LogP contribution in [0.2, 0.25) is 0 Å². The molecule has 0 unspecified atom stereocenters. The number of hydrogen-bond donors (Lipinski definition) is 0. The van der Waals surface area contributed by atoms with Gasteiger partial charge in [0.25, 0.3) is 0 Å². The van der Waals surface area contributed by atoms with E-state index in [1.807, 2.05) is 36.4 Å². The summed E-state index contributed by atoms with van der Waals surface area (Å²) in [6, 6.07) is 33.0. The molecule has 6 aromatic carbocycles. The first kappa shape index (κ1) is 26.4. The molecular weight excluding hydrogens is 538 g/mol. The van der Waals surface area contributed by atoms with Gasteiger partial charge >= 0.3 is 6.36 Å². The van der Waals surface area contributed by atoms with Gasteiger partial charge in [-0.1, -0.05) is 91.0 Å². The SMILES string of the molecule is Fc1cc2cc(-c3cccc4c3-c3ccccc3C4)cc(F)c2c(F)c1OC(F)(F)F.c1ccc2ccccc2c1. The van der Waals surface area contributed by atoms with Crippen molar-refractivity contribution < 1.29 is 31.1 Å². The van der Waals surface area contributed by atoms with E-state index in [1.165, 1.54) is 16.8 Å². The number of ether oxygens (including phenoxy) is 1. The Balaban J connectivity index is 0.000000253. The van der Waals surface area contributed by atoms with Crippen molar-refractivity contribution in [1.82, 2.24) is 0 Å². The molecule has 1 nitrogen and oxygen atoms in total. The molecule has 41 heavy (non-hydrogen) atoms. The predicted molar refractivity (Wildman–Crippen MR) is 148 cm³/mol. The molecular formula is C34H20F6O. The second-order valence-electron chi connectivity index (χ2n) is 9.63. The summed E-state index contributed by atoms with van der Waals surface area (Å²) in [5, 5.41) is 1.65. The van der Waals surface area contributed by atoms with Gasteiger partial charge in [0.05, 0.1) is 5.39 Å². The lowest BCUT2D eigenvalue weighted by atomic mass is 9.92. The summed E-state index contributed by atoms with van der Waals surface area (Å²) in [6.45, 7) is 0. The summed E-state index contributed by atoms with van der Waals surface area (Å²) in [4.78, 5) is 0. The molecule has 0 saturated carbocycles. The summed E-state index contributed by atoms with van der Waals surface area (Å²) in [5.41, 5.74) is 5.05. The van der Waals surface area contributed by atoms with E-state index in [1.54, 1.807) is 6.07 Å².